The molecule has 4 aromatic heterocycles. The molecule has 6 heteroatoms. The molecule has 0 aliphatic heterocycles. The van der Waals surface area contributed by atoms with Gasteiger partial charge in [-0.15, -0.1) is 0 Å². The average molecular weight is 975 g/mol. The number of aromatic nitrogens is 4. The van der Waals surface area contributed by atoms with E-state index in [-0.39, 0.29) is 0 Å². The first-order valence-corrected chi connectivity index (χ1v) is 23.7. The van der Waals surface area contributed by atoms with Crippen LogP contribution in [-0.4, -0.2) is 18.3 Å². The Morgan fingerprint density at radius 2 is 0.348 bits per heavy atom. The number of halogens is 2. The van der Waals surface area contributed by atoms with Crippen molar-refractivity contribution in [1.29, 1.82) is 0 Å². The SMILES string of the molecule is Brc1cc(-n2c3ccccc3c3ccccc32)cc(-n2c3ccccc3c3ccccc32)c1.Brc1cc(-n2c3ccccc3c3ccccc32)cc(-n2c3ccccc3c3ccccc32)c1. The summed E-state index contributed by atoms with van der Waals surface area (Å²) in [6.07, 6.45) is 0. The van der Waals surface area contributed by atoms with Crippen LogP contribution in [0.15, 0.2) is 239 Å². The molecule has 0 saturated carbocycles. The maximum absolute atomic E-state index is 3.81. The van der Waals surface area contributed by atoms with E-state index < -0.39 is 0 Å². The maximum Gasteiger partial charge on any atom is 0.0541 e. The molecule has 0 N–H and O–H groups in total. The maximum atomic E-state index is 3.81. The summed E-state index contributed by atoms with van der Waals surface area (Å²) in [4.78, 5) is 0. The molecule has 14 aromatic rings. The zero-order valence-electron chi connectivity index (χ0n) is 35.5. The van der Waals surface area contributed by atoms with E-state index in [1.807, 2.05) is 0 Å². The lowest BCUT2D eigenvalue weighted by molar-refractivity contribution is 1.13. The predicted octanol–water partition coefficient (Wildman–Crippen LogP) is 17.3. The Morgan fingerprint density at radius 1 is 0.197 bits per heavy atom. The van der Waals surface area contributed by atoms with Crippen molar-refractivity contribution in [2.24, 2.45) is 0 Å². The molecular formula is C60H38Br2N4. The molecular weight excluding hydrogens is 936 g/mol. The highest BCUT2D eigenvalue weighted by Gasteiger charge is 2.18. The van der Waals surface area contributed by atoms with E-state index in [0.717, 1.165) is 31.7 Å². The molecule has 0 bridgehead atoms. The molecule has 0 spiro atoms. The van der Waals surface area contributed by atoms with Crippen LogP contribution in [0.5, 0.6) is 0 Å². The summed E-state index contributed by atoms with van der Waals surface area (Å²) in [6, 6.07) is 82.5. The number of hydrogen-bond donors (Lipinski definition) is 0. The van der Waals surface area contributed by atoms with Crippen LogP contribution in [-0.2, 0) is 0 Å². The second-order valence-electron chi connectivity index (χ2n) is 16.8. The van der Waals surface area contributed by atoms with Gasteiger partial charge in [-0.05, 0) is 84.9 Å². The van der Waals surface area contributed by atoms with Crippen molar-refractivity contribution in [3.63, 3.8) is 0 Å². The molecule has 4 heterocycles. The number of rotatable bonds is 4. The summed E-state index contributed by atoms with van der Waals surface area (Å²) >= 11 is 7.63. The van der Waals surface area contributed by atoms with Crippen molar-refractivity contribution in [2.45, 2.75) is 0 Å². The summed E-state index contributed by atoms with van der Waals surface area (Å²) in [5.41, 5.74) is 14.3. The van der Waals surface area contributed by atoms with Gasteiger partial charge in [-0.25, -0.2) is 0 Å². The minimum atomic E-state index is 1.05. The Bertz CT molecular complexity index is 3470. The Labute approximate surface area is 397 Å². The fraction of sp³-hybridized carbons (Fsp3) is 0. The van der Waals surface area contributed by atoms with Gasteiger partial charge in [-0.2, -0.15) is 0 Å². The van der Waals surface area contributed by atoms with E-state index in [2.05, 4.69) is 281 Å². The molecule has 0 saturated heterocycles. The molecule has 0 unspecified atom stereocenters. The Balaban J connectivity index is 0.000000132. The van der Waals surface area contributed by atoms with Crippen LogP contribution in [0.3, 0.4) is 0 Å². The zero-order chi connectivity index (χ0) is 43.9. The molecule has 312 valence electrons. The fourth-order valence-corrected chi connectivity index (χ4v) is 11.4. The van der Waals surface area contributed by atoms with Crippen LogP contribution in [0.1, 0.15) is 0 Å². The van der Waals surface area contributed by atoms with Gasteiger partial charge in [0.25, 0.3) is 0 Å². The molecule has 0 aliphatic rings. The Kier molecular flexibility index (Phi) is 9.12. The average Bonchev–Trinajstić information content (AvgIpc) is 4.09. The van der Waals surface area contributed by atoms with E-state index in [1.165, 1.54) is 87.2 Å². The van der Waals surface area contributed by atoms with Crippen LogP contribution < -0.4 is 0 Å². The van der Waals surface area contributed by atoms with E-state index in [1.54, 1.807) is 0 Å². The van der Waals surface area contributed by atoms with Gasteiger partial charge in [0.05, 0.1) is 44.1 Å². The van der Waals surface area contributed by atoms with Gasteiger partial charge in [0.1, 0.15) is 0 Å². The fourth-order valence-electron chi connectivity index (χ4n) is 10.4. The van der Waals surface area contributed by atoms with Crippen LogP contribution in [0.4, 0.5) is 0 Å². The summed E-state index contributed by atoms with van der Waals surface area (Å²) in [7, 11) is 0. The van der Waals surface area contributed by atoms with Gasteiger partial charge >= 0.3 is 0 Å². The minimum absolute atomic E-state index is 1.05. The lowest BCUT2D eigenvalue weighted by Gasteiger charge is -2.14. The normalized spacial score (nSPS) is 11.8. The summed E-state index contributed by atoms with van der Waals surface area (Å²) in [6.45, 7) is 0. The molecule has 0 atom stereocenters. The van der Waals surface area contributed by atoms with Gasteiger partial charge in [-0.3, -0.25) is 0 Å². The first-order valence-electron chi connectivity index (χ1n) is 22.1. The number of benzene rings is 10. The summed E-state index contributed by atoms with van der Waals surface area (Å²) in [5, 5.41) is 10.2. The van der Waals surface area contributed by atoms with Crippen molar-refractivity contribution in [3.8, 4) is 22.7 Å². The van der Waals surface area contributed by atoms with E-state index in [0.29, 0.717) is 0 Å². The topological polar surface area (TPSA) is 19.7 Å². The molecule has 0 radical (unpaired) electrons. The zero-order valence-corrected chi connectivity index (χ0v) is 38.7. The first-order chi connectivity index (χ1) is 32.6. The smallest absolute Gasteiger partial charge is 0.0541 e. The highest BCUT2D eigenvalue weighted by atomic mass is 79.9. The van der Waals surface area contributed by atoms with Gasteiger partial charge in [0.15, 0.2) is 0 Å². The standard InChI is InChI=1S/2C30H19BrN2/c2*31-20-17-21(32-27-13-5-1-9-23(27)24-10-2-6-14-28(24)32)19-22(18-20)33-29-15-7-3-11-25(29)26-12-4-8-16-30(26)33/h2*1-19H. The van der Waals surface area contributed by atoms with E-state index >= 15 is 0 Å². The number of fused-ring (bicyclic) bond motifs is 12. The Hall–Kier alpha value is -7.64. The highest BCUT2D eigenvalue weighted by molar-refractivity contribution is 9.10. The second-order valence-corrected chi connectivity index (χ2v) is 18.6. The second kappa shape index (κ2) is 15.5. The van der Waals surface area contributed by atoms with Gasteiger partial charge in [0.2, 0.25) is 0 Å². The molecule has 0 fully saturated rings. The van der Waals surface area contributed by atoms with Gasteiger partial charge in [-0.1, -0.05) is 177 Å². The lowest BCUT2D eigenvalue weighted by Crippen LogP contribution is -1.99. The van der Waals surface area contributed by atoms with Crippen molar-refractivity contribution in [2.75, 3.05) is 0 Å². The number of para-hydroxylation sites is 8. The molecule has 14 rings (SSSR count). The molecule has 66 heavy (non-hydrogen) atoms. The quantitative estimate of drug-likeness (QED) is 0.167. The lowest BCUT2D eigenvalue weighted by atomic mass is 10.2. The largest absolute Gasteiger partial charge is 0.309 e. The van der Waals surface area contributed by atoms with Crippen LogP contribution in [0.25, 0.3) is 110 Å². The van der Waals surface area contributed by atoms with Crippen molar-refractivity contribution >= 4 is 119 Å². The monoisotopic (exact) mass is 972 g/mol. The van der Waals surface area contributed by atoms with Crippen LogP contribution in [0.2, 0.25) is 0 Å². The first kappa shape index (κ1) is 38.8. The molecule has 10 aromatic carbocycles. The van der Waals surface area contributed by atoms with E-state index in [4.69, 9.17) is 0 Å². The summed E-state index contributed by atoms with van der Waals surface area (Å²) in [5.74, 6) is 0. The van der Waals surface area contributed by atoms with E-state index in [9.17, 15) is 0 Å². The van der Waals surface area contributed by atoms with Gasteiger partial charge < -0.3 is 18.3 Å². The third kappa shape index (κ3) is 6.09. The van der Waals surface area contributed by atoms with Crippen molar-refractivity contribution in [3.05, 3.63) is 239 Å². The van der Waals surface area contributed by atoms with Crippen LogP contribution in [0, 0.1) is 0 Å². The predicted molar refractivity (Wildman–Crippen MR) is 286 cm³/mol. The highest BCUT2D eigenvalue weighted by Crippen LogP contribution is 2.39. The van der Waals surface area contributed by atoms with Crippen molar-refractivity contribution in [1.82, 2.24) is 18.3 Å². The Morgan fingerprint density at radius 3 is 0.515 bits per heavy atom. The third-order valence-corrected chi connectivity index (χ3v) is 14.0. The van der Waals surface area contributed by atoms with Crippen LogP contribution >= 0.6 is 31.9 Å². The van der Waals surface area contributed by atoms with Gasteiger partial charge in [0, 0.05) is 74.8 Å². The third-order valence-electron chi connectivity index (χ3n) is 13.1. The molecule has 0 aliphatic carbocycles. The minimum Gasteiger partial charge on any atom is -0.309 e. The number of hydrogen-bond acceptors (Lipinski definition) is 0. The number of nitrogens with zero attached hydrogens (tertiary/aromatic N) is 4. The molecule has 4 nitrogen and oxygen atoms in total. The molecule has 0 amide bonds. The van der Waals surface area contributed by atoms with Crippen molar-refractivity contribution < 1.29 is 0 Å². The summed E-state index contributed by atoms with van der Waals surface area (Å²) < 4.78 is 11.6.